The second-order valence-corrected chi connectivity index (χ2v) is 7.98. The topological polar surface area (TPSA) is 107 Å². The molecule has 0 saturated heterocycles. The molecular formula is C21H22N2O5S. The number of hydrogen-bond acceptors (Lipinski definition) is 5. The van der Waals surface area contributed by atoms with Crippen LogP contribution < -0.4 is 10.2 Å². The zero-order valence-electron chi connectivity index (χ0n) is 15.7. The second kappa shape index (κ2) is 9.58. The van der Waals surface area contributed by atoms with Gasteiger partial charge in [-0.25, -0.2) is 0 Å². The van der Waals surface area contributed by atoms with Crippen LogP contribution in [0.4, 0.5) is 5.69 Å². The number of aryl methyl sites for hydroxylation is 1. The number of para-hydroxylation sites is 1. The number of thioether (sulfide) groups is 1. The number of benzene rings is 2. The van der Waals surface area contributed by atoms with E-state index in [1.54, 1.807) is 12.1 Å². The molecule has 0 spiro atoms. The summed E-state index contributed by atoms with van der Waals surface area (Å²) in [5, 5.41) is 21.4. The summed E-state index contributed by atoms with van der Waals surface area (Å²) in [6, 6.07) is 15.9. The number of hydrogen-bond donors (Lipinski definition) is 3. The molecule has 0 saturated carbocycles. The van der Waals surface area contributed by atoms with Gasteiger partial charge in [-0.1, -0.05) is 42.5 Å². The average molecular weight is 414 g/mol. The molecule has 2 aromatic rings. The number of fused-ring (bicyclic) bond motifs is 1. The van der Waals surface area contributed by atoms with Crippen LogP contribution in [-0.4, -0.2) is 46.0 Å². The fraction of sp³-hybridized carbons (Fsp3) is 0.286. The first kappa shape index (κ1) is 20.9. The summed E-state index contributed by atoms with van der Waals surface area (Å²) in [4.78, 5) is 37.7. The molecule has 0 aromatic heterocycles. The standard InChI is InChI=1S/C21H22N2O5S/c24-19-12-18(22-15(21(27)28)11-10-14-6-2-1-3-7-14)29-17-9-5-4-8-16(17)23(19)13-20(25)26/h1-9,15,18,22H,10-13H2,(H,25,26)(H,27,28)/t15-,18?/m0/s1. The summed E-state index contributed by atoms with van der Waals surface area (Å²) in [6.45, 7) is -0.431. The molecule has 1 aliphatic heterocycles. The molecule has 0 bridgehead atoms. The van der Waals surface area contributed by atoms with Gasteiger partial charge in [-0.3, -0.25) is 24.6 Å². The van der Waals surface area contributed by atoms with Crippen LogP contribution in [0.1, 0.15) is 18.4 Å². The zero-order valence-corrected chi connectivity index (χ0v) is 16.5. The van der Waals surface area contributed by atoms with Crippen LogP contribution in [0.5, 0.6) is 0 Å². The molecule has 29 heavy (non-hydrogen) atoms. The first-order chi connectivity index (χ1) is 13.9. The van der Waals surface area contributed by atoms with E-state index in [1.165, 1.54) is 16.7 Å². The molecule has 2 aromatic carbocycles. The highest BCUT2D eigenvalue weighted by atomic mass is 32.2. The molecule has 7 nitrogen and oxygen atoms in total. The minimum atomic E-state index is -1.10. The predicted molar refractivity (Wildman–Crippen MR) is 110 cm³/mol. The van der Waals surface area contributed by atoms with Crippen LogP contribution >= 0.6 is 11.8 Å². The summed E-state index contributed by atoms with van der Waals surface area (Å²) in [7, 11) is 0. The monoisotopic (exact) mass is 414 g/mol. The maximum atomic E-state index is 12.7. The van der Waals surface area contributed by atoms with E-state index in [9.17, 15) is 19.5 Å². The van der Waals surface area contributed by atoms with Crippen molar-refractivity contribution in [2.45, 2.75) is 35.6 Å². The van der Waals surface area contributed by atoms with Crippen LogP contribution in [0.15, 0.2) is 59.5 Å². The number of rotatable bonds is 8. The largest absolute Gasteiger partial charge is 0.480 e. The first-order valence-corrected chi connectivity index (χ1v) is 10.1. The van der Waals surface area contributed by atoms with Gasteiger partial charge in [0, 0.05) is 4.90 Å². The van der Waals surface area contributed by atoms with E-state index >= 15 is 0 Å². The lowest BCUT2D eigenvalue weighted by molar-refractivity contribution is -0.140. The number of carbonyl (C=O) groups excluding carboxylic acids is 1. The molecule has 1 heterocycles. The van der Waals surface area contributed by atoms with Crippen molar-refractivity contribution >= 4 is 35.3 Å². The normalized spacial score (nSPS) is 17.3. The van der Waals surface area contributed by atoms with Crippen molar-refractivity contribution in [2.75, 3.05) is 11.4 Å². The Hall–Kier alpha value is -2.84. The Labute approximate surface area is 172 Å². The van der Waals surface area contributed by atoms with Crippen molar-refractivity contribution in [3.63, 3.8) is 0 Å². The van der Waals surface area contributed by atoms with Gasteiger partial charge in [-0.15, -0.1) is 11.8 Å². The van der Waals surface area contributed by atoms with Crippen molar-refractivity contribution in [1.29, 1.82) is 0 Å². The maximum Gasteiger partial charge on any atom is 0.323 e. The summed E-state index contributed by atoms with van der Waals surface area (Å²) in [5.41, 5.74) is 1.58. The molecule has 3 rings (SSSR count). The average Bonchev–Trinajstić information content (AvgIpc) is 2.82. The van der Waals surface area contributed by atoms with E-state index in [4.69, 9.17) is 5.11 Å². The van der Waals surface area contributed by atoms with Gasteiger partial charge in [0.15, 0.2) is 0 Å². The number of nitrogens with zero attached hydrogens (tertiary/aromatic N) is 1. The van der Waals surface area contributed by atoms with Gasteiger partial charge in [-0.2, -0.15) is 0 Å². The molecule has 8 heteroatoms. The molecular weight excluding hydrogens is 392 g/mol. The molecule has 0 radical (unpaired) electrons. The number of nitrogens with one attached hydrogen (secondary N) is 1. The van der Waals surface area contributed by atoms with Crippen LogP contribution in [-0.2, 0) is 20.8 Å². The third-order valence-corrected chi connectivity index (χ3v) is 5.82. The fourth-order valence-electron chi connectivity index (χ4n) is 3.24. The molecule has 2 atom stereocenters. The van der Waals surface area contributed by atoms with E-state index < -0.39 is 29.9 Å². The Morgan fingerprint density at radius 3 is 2.48 bits per heavy atom. The van der Waals surface area contributed by atoms with Gasteiger partial charge >= 0.3 is 11.9 Å². The van der Waals surface area contributed by atoms with E-state index in [2.05, 4.69) is 5.32 Å². The van der Waals surface area contributed by atoms with Crippen molar-refractivity contribution in [3.8, 4) is 0 Å². The summed E-state index contributed by atoms with van der Waals surface area (Å²) >= 11 is 1.35. The van der Waals surface area contributed by atoms with Gasteiger partial charge in [-0.05, 0) is 30.5 Å². The Balaban J connectivity index is 1.75. The van der Waals surface area contributed by atoms with Crippen LogP contribution in [0.25, 0.3) is 0 Å². The summed E-state index contributed by atoms with van der Waals surface area (Å²) in [5.74, 6) is -2.43. The van der Waals surface area contributed by atoms with Crippen molar-refractivity contribution < 1.29 is 24.6 Å². The number of carboxylic acid groups (broad SMARTS) is 2. The van der Waals surface area contributed by atoms with E-state index in [0.29, 0.717) is 18.5 Å². The minimum Gasteiger partial charge on any atom is -0.480 e. The Morgan fingerprint density at radius 2 is 1.79 bits per heavy atom. The highest BCUT2D eigenvalue weighted by Gasteiger charge is 2.31. The minimum absolute atomic E-state index is 0.00173. The van der Waals surface area contributed by atoms with E-state index in [0.717, 1.165) is 10.5 Å². The van der Waals surface area contributed by atoms with Crippen molar-refractivity contribution in [2.24, 2.45) is 0 Å². The third-order valence-electron chi connectivity index (χ3n) is 4.63. The highest BCUT2D eigenvalue weighted by molar-refractivity contribution is 8.00. The molecule has 3 N–H and O–H groups in total. The molecule has 1 amide bonds. The van der Waals surface area contributed by atoms with Crippen molar-refractivity contribution in [3.05, 3.63) is 60.2 Å². The number of carbonyl (C=O) groups is 3. The van der Waals surface area contributed by atoms with Crippen LogP contribution in [0, 0.1) is 0 Å². The number of anilines is 1. The van der Waals surface area contributed by atoms with E-state index in [1.807, 2.05) is 42.5 Å². The van der Waals surface area contributed by atoms with Gasteiger partial charge in [0.25, 0.3) is 0 Å². The molecule has 0 fully saturated rings. The van der Waals surface area contributed by atoms with Crippen molar-refractivity contribution in [1.82, 2.24) is 5.32 Å². The molecule has 1 aliphatic rings. The SMILES string of the molecule is O=C(O)CN1C(=O)CC(N[C@@H](CCc2ccccc2)C(=O)O)Sc2ccccc21. The van der Waals surface area contributed by atoms with Crippen LogP contribution in [0.2, 0.25) is 0 Å². The second-order valence-electron chi connectivity index (χ2n) is 6.73. The molecule has 0 aliphatic carbocycles. The van der Waals surface area contributed by atoms with Gasteiger partial charge in [0.2, 0.25) is 5.91 Å². The highest BCUT2D eigenvalue weighted by Crippen LogP contribution is 2.37. The van der Waals surface area contributed by atoms with E-state index in [-0.39, 0.29) is 12.3 Å². The molecule has 152 valence electrons. The Morgan fingerprint density at radius 1 is 1.10 bits per heavy atom. The predicted octanol–water partition coefficient (Wildman–Crippen LogP) is 2.60. The zero-order chi connectivity index (χ0) is 20.8. The lowest BCUT2D eigenvalue weighted by Crippen LogP contribution is -2.44. The number of carboxylic acids is 2. The number of amides is 1. The third kappa shape index (κ3) is 5.58. The lowest BCUT2D eigenvalue weighted by Gasteiger charge is -2.22. The lowest BCUT2D eigenvalue weighted by atomic mass is 10.1. The Kier molecular flexibility index (Phi) is 6.90. The molecule has 1 unspecified atom stereocenters. The first-order valence-electron chi connectivity index (χ1n) is 9.24. The smallest absolute Gasteiger partial charge is 0.323 e. The maximum absolute atomic E-state index is 12.7. The van der Waals surface area contributed by atoms with Gasteiger partial charge in [0.1, 0.15) is 12.6 Å². The summed E-state index contributed by atoms with van der Waals surface area (Å²) < 4.78 is 0. The van der Waals surface area contributed by atoms with Gasteiger partial charge in [0.05, 0.1) is 17.5 Å². The quantitative estimate of drug-likeness (QED) is 0.609. The van der Waals surface area contributed by atoms with Gasteiger partial charge < -0.3 is 10.2 Å². The fourth-order valence-corrected chi connectivity index (χ4v) is 4.46. The number of aliphatic carboxylic acids is 2. The Bertz CT molecular complexity index is 890. The van der Waals surface area contributed by atoms with Crippen LogP contribution in [0.3, 0.4) is 0 Å². The summed E-state index contributed by atoms with van der Waals surface area (Å²) in [6.07, 6.45) is 0.977.